The molecule has 0 spiro atoms. The Kier molecular flexibility index (Phi) is 8.45. The zero-order valence-corrected chi connectivity index (χ0v) is 26.5. The molecule has 11 nitrogen and oxygen atoms in total. The van der Waals surface area contributed by atoms with Gasteiger partial charge in [0.25, 0.3) is 0 Å². The molecule has 3 aliphatic rings. The predicted molar refractivity (Wildman–Crippen MR) is 179 cm³/mol. The molecule has 7 rings (SSSR count). The van der Waals surface area contributed by atoms with E-state index >= 15 is 0 Å². The van der Waals surface area contributed by atoms with E-state index in [-0.39, 0.29) is 68.4 Å². The predicted octanol–water partition coefficient (Wildman–Crippen LogP) is 4.20. The van der Waals surface area contributed by atoms with Gasteiger partial charge >= 0.3 is 6.03 Å². The maximum atomic E-state index is 14.4. The molecule has 0 unspecified atom stereocenters. The van der Waals surface area contributed by atoms with E-state index in [9.17, 15) is 24.3 Å². The average Bonchev–Trinajstić information content (AvgIpc) is 3.85. The minimum absolute atomic E-state index is 0.0735. The van der Waals surface area contributed by atoms with Crippen LogP contribution in [-0.2, 0) is 29.1 Å². The lowest BCUT2D eigenvalue weighted by Gasteiger charge is -2.55. The second-order valence-corrected chi connectivity index (χ2v) is 12.7. The topological polar surface area (TPSA) is 129 Å². The Bertz CT molecular complexity index is 1870. The molecule has 2 aliphatic heterocycles. The van der Waals surface area contributed by atoms with Crippen molar-refractivity contribution in [2.24, 2.45) is 5.92 Å². The zero-order valence-electron chi connectivity index (χ0n) is 26.5. The highest BCUT2D eigenvalue weighted by Gasteiger charge is 2.51. The van der Waals surface area contributed by atoms with Gasteiger partial charge in [0, 0.05) is 49.1 Å². The van der Waals surface area contributed by atoms with E-state index in [1.165, 1.54) is 0 Å². The summed E-state index contributed by atoms with van der Waals surface area (Å²) in [6.45, 7) is 4.58. The lowest BCUT2D eigenvalue weighted by Crippen LogP contribution is -2.76. The Balaban J connectivity index is 1.24. The van der Waals surface area contributed by atoms with Gasteiger partial charge < -0.3 is 25.2 Å². The van der Waals surface area contributed by atoms with Gasteiger partial charge in [0.2, 0.25) is 11.8 Å². The third-order valence-corrected chi connectivity index (χ3v) is 9.41. The van der Waals surface area contributed by atoms with Crippen molar-refractivity contribution in [1.29, 1.82) is 0 Å². The minimum atomic E-state index is -0.897. The molecular formula is C37H38N6O5. The molecule has 0 bridgehead atoms. The summed E-state index contributed by atoms with van der Waals surface area (Å²) in [5.41, 5.74) is 3.98. The Morgan fingerprint density at radius 3 is 2.48 bits per heavy atom. The van der Waals surface area contributed by atoms with Gasteiger partial charge in [-0.15, -0.1) is 6.58 Å². The van der Waals surface area contributed by atoms with Crippen LogP contribution in [0.1, 0.15) is 39.9 Å². The first-order valence-corrected chi connectivity index (χ1v) is 16.3. The van der Waals surface area contributed by atoms with Crippen molar-refractivity contribution in [3.63, 3.8) is 0 Å². The number of aromatic amines is 1. The minimum Gasteiger partial charge on any atom is -0.508 e. The van der Waals surface area contributed by atoms with Crippen molar-refractivity contribution in [2.75, 3.05) is 19.6 Å². The van der Waals surface area contributed by atoms with Crippen molar-refractivity contribution >= 4 is 34.5 Å². The monoisotopic (exact) mass is 646 g/mol. The quantitative estimate of drug-likeness (QED) is 0.175. The molecule has 11 heteroatoms. The first-order chi connectivity index (χ1) is 23.3. The number of phenolic OH excluding ortho intramolecular Hbond substituents is 1. The second-order valence-electron chi connectivity index (χ2n) is 12.7. The van der Waals surface area contributed by atoms with Gasteiger partial charge in [0.05, 0.1) is 18.6 Å². The molecule has 246 valence electrons. The lowest BCUT2D eigenvalue weighted by molar-refractivity contribution is -0.189. The molecule has 1 aromatic heterocycles. The Morgan fingerprint density at radius 2 is 1.75 bits per heavy atom. The number of amides is 4. The van der Waals surface area contributed by atoms with Crippen LogP contribution in [-0.4, -0.2) is 85.4 Å². The number of nitrogens with zero attached hydrogens (tertiary/aromatic N) is 4. The molecule has 4 aromatic rings. The molecule has 3 N–H and O–H groups in total. The van der Waals surface area contributed by atoms with Gasteiger partial charge in [-0.05, 0) is 41.7 Å². The number of hydrogen-bond acceptors (Lipinski definition) is 6. The number of piperazine rings is 1. The molecular weight excluding hydrogens is 608 g/mol. The number of hydrazine groups is 1. The molecule has 3 fully saturated rings. The van der Waals surface area contributed by atoms with Crippen LogP contribution in [0.4, 0.5) is 4.79 Å². The maximum Gasteiger partial charge on any atom is 0.334 e. The molecule has 0 radical (unpaired) electrons. The lowest BCUT2D eigenvalue weighted by atomic mass is 9.98. The van der Waals surface area contributed by atoms with Crippen LogP contribution < -0.4 is 5.32 Å². The number of carbonyl (C=O) groups is 4. The van der Waals surface area contributed by atoms with E-state index in [1.54, 1.807) is 56.4 Å². The van der Waals surface area contributed by atoms with Crippen molar-refractivity contribution < 1.29 is 24.3 Å². The molecule has 1 saturated carbocycles. The number of rotatable bonds is 10. The molecule has 48 heavy (non-hydrogen) atoms. The standard InChI is InChI=1S/C37H38N6O5/c1-2-17-41-23-33(45)42-31(18-24-11-15-28(44)16-12-24)36(47)40(22-32(42)43(41)37(48)39-19-25-7-4-3-5-8-25)21-27-9-6-10-29-30(20-38-34(27)29)35(46)26-13-14-26/h2-12,15-16,20,26,31-32,38,44H,1,13-14,17-19,21-23H2,(H,39,48)/t31-,32-/m0/s1. The van der Waals surface area contributed by atoms with Gasteiger partial charge in [-0.2, -0.15) is 0 Å². The van der Waals surface area contributed by atoms with E-state index in [2.05, 4.69) is 16.9 Å². The number of phenols is 1. The van der Waals surface area contributed by atoms with Crippen LogP contribution >= 0.6 is 0 Å². The Hall–Kier alpha value is -5.42. The number of aromatic nitrogens is 1. The number of nitrogens with one attached hydrogen (secondary N) is 2. The fourth-order valence-electron chi connectivity index (χ4n) is 6.88. The average molecular weight is 647 g/mol. The number of aromatic hydroxyl groups is 1. The smallest absolute Gasteiger partial charge is 0.334 e. The van der Waals surface area contributed by atoms with E-state index in [0.717, 1.165) is 40.4 Å². The number of carbonyl (C=O) groups excluding carboxylic acids is 4. The van der Waals surface area contributed by atoms with Crippen molar-refractivity contribution in [3.05, 3.63) is 114 Å². The van der Waals surface area contributed by atoms with Gasteiger partial charge in [0.15, 0.2) is 5.78 Å². The number of ketones is 1. The largest absolute Gasteiger partial charge is 0.508 e. The highest BCUT2D eigenvalue weighted by atomic mass is 16.3. The van der Waals surface area contributed by atoms with Gasteiger partial charge in [0.1, 0.15) is 18.0 Å². The number of fused-ring (bicyclic) bond motifs is 2. The Morgan fingerprint density at radius 1 is 0.979 bits per heavy atom. The van der Waals surface area contributed by atoms with Gasteiger partial charge in [-0.25, -0.2) is 14.8 Å². The SMILES string of the molecule is C=CCN1CC(=O)N2[C@@H](Cc3ccc(O)cc3)C(=O)N(Cc3cccc4c(C(=O)C5CC5)c[nH]c34)C[C@@H]2N1C(=O)NCc1ccccc1. The summed E-state index contributed by atoms with van der Waals surface area (Å²) in [6.07, 6.45) is 4.62. The maximum absolute atomic E-state index is 14.4. The summed E-state index contributed by atoms with van der Waals surface area (Å²) < 4.78 is 0. The highest BCUT2D eigenvalue weighted by Crippen LogP contribution is 2.36. The summed E-state index contributed by atoms with van der Waals surface area (Å²) >= 11 is 0. The molecule has 4 amide bonds. The van der Waals surface area contributed by atoms with E-state index in [1.807, 2.05) is 48.5 Å². The van der Waals surface area contributed by atoms with Crippen LogP contribution in [0.2, 0.25) is 0 Å². The van der Waals surface area contributed by atoms with Crippen molar-refractivity contribution in [1.82, 2.24) is 30.1 Å². The summed E-state index contributed by atoms with van der Waals surface area (Å²) in [6, 6.07) is 20.6. The number of hydrogen-bond donors (Lipinski definition) is 3. The Labute approximate surface area is 278 Å². The molecule has 2 saturated heterocycles. The first-order valence-electron chi connectivity index (χ1n) is 16.3. The zero-order chi connectivity index (χ0) is 33.4. The third kappa shape index (κ3) is 6.04. The summed E-state index contributed by atoms with van der Waals surface area (Å²) in [5.74, 6) is -0.198. The number of benzene rings is 3. The second kappa shape index (κ2) is 13.0. The molecule has 3 aromatic carbocycles. The van der Waals surface area contributed by atoms with Crippen LogP contribution in [0.25, 0.3) is 10.9 Å². The van der Waals surface area contributed by atoms with E-state index in [4.69, 9.17) is 0 Å². The van der Waals surface area contributed by atoms with Crippen LogP contribution in [0.3, 0.4) is 0 Å². The van der Waals surface area contributed by atoms with E-state index in [0.29, 0.717) is 5.56 Å². The molecule has 1 aliphatic carbocycles. The van der Waals surface area contributed by atoms with E-state index < -0.39 is 18.2 Å². The fourth-order valence-corrected chi connectivity index (χ4v) is 6.88. The third-order valence-electron chi connectivity index (χ3n) is 9.41. The number of urea groups is 1. The summed E-state index contributed by atoms with van der Waals surface area (Å²) in [4.78, 5) is 61.8. The van der Waals surface area contributed by atoms with Crippen molar-refractivity contribution in [3.8, 4) is 5.75 Å². The van der Waals surface area contributed by atoms with Crippen LogP contribution in [0, 0.1) is 5.92 Å². The van der Waals surface area contributed by atoms with Gasteiger partial charge in [-0.3, -0.25) is 14.4 Å². The highest BCUT2D eigenvalue weighted by molar-refractivity contribution is 6.10. The van der Waals surface area contributed by atoms with Crippen LogP contribution in [0.15, 0.2) is 91.6 Å². The van der Waals surface area contributed by atoms with Crippen molar-refractivity contribution in [2.45, 2.75) is 44.6 Å². The number of H-pyrrole nitrogens is 1. The fraction of sp³-hybridized carbons (Fsp3) is 0.297. The van der Waals surface area contributed by atoms with Gasteiger partial charge in [-0.1, -0.05) is 66.7 Å². The summed E-state index contributed by atoms with van der Waals surface area (Å²) in [5, 5.41) is 16.9. The normalized spacial score (nSPS) is 19.8. The number of para-hydroxylation sites is 1. The molecule has 3 heterocycles. The number of Topliss-reactive ketones (excluding diaryl/α,β-unsaturated/α-hetero) is 1. The van der Waals surface area contributed by atoms with Crippen LogP contribution in [0.5, 0.6) is 5.75 Å². The summed E-state index contributed by atoms with van der Waals surface area (Å²) in [7, 11) is 0. The first kappa shape index (κ1) is 31.2. The molecule has 2 atom stereocenters.